The minimum Gasteiger partial charge on any atom is -0.494 e. The Labute approximate surface area is 140 Å². The van der Waals surface area contributed by atoms with E-state index in [1.54, 1.807) is 12.1 Å². The molecule has 4 nitrogen and oxygen atoms in total. The van der Waals surface area contributed by atoms with Crippen LogP contribution >= 0.6 is 23.2 Å². The zero-order chi connectivity index (χ0) is 16.5. The lowest BCUT2D eigenvalue weighted by molar-refractivity contribution is 0.403. The Kier molecular flexibility index (Phi) is 4.90. The lowest BCUT2D eigenvalue weighted by Gasteiger charge is -2.14. The molecule has 0 atom stereocenters. The molecule has 22 heavy (non-hydrogen) atoms. The number of halogens is 2. The largest absolute Gasteiger partial charge is 0.494 e. The molecule has 0 fully saturated rings. The van der Waals surface area contributed by atoms with Gasteiger partial charge in [0.25, 0.3) is 10.0 Å². The van der Waals surface area contributed by atoms with E-state index in [-0.39, 0.29) is 20.7 Å². The molecule has 0 saturated heterocycles. The summed E-state index contributed by atoms with van der Waals surface area (Å²) in [4.78, 5) is -0.0661. The van der Waals surface area contributed by atoms with Gasteiger partial charge in [-0.15, -0.1) is 0 Å². The summed E-state index contributed by atoms with van der Waals surface area (Å²) < 4.78 is 32.8. The van der Waals surface area contributed by atoms with E-state index >= 15 is 0 Å². The van der Waals surface area contributed by atoms with Gasteiger partial charge in [-0.25, -0.2) is 8.42 Å². The maximum atomic E-state index is 12.6. The van der Waals surface area contributed by atoms with Crippen molar-refractivity contribution in [2.24, 2.45) is 0 Å². The standard InChI is InChI=1S/C15H15Cl2NO3S/c1-9-6-10(2)8-11(7-9)18-22(19,20)13-5-4-12(16)14(17)15(13)21-3/h4-8,18H,1-3H3. The molecule has 118 valence electrons. The van der Waals surface area contributed by atoms with Crippen molar-refractivity contribution in [3.8, 4) is 5.75 Å². The van der Waals surface area contributed by atoms with Crippen molar-refractivity contribution < 1.29 is 13.2 Å². The van der Waals surface area contributed by atoms with E-state index in [1.807, 2.05) is 19.9 Å². The van der Waals surface area contributed by atoms with Crippen molar-refractivity contribution in [2.45, 2.75) is 18.7 Å². The predicted octanol–water partition coefficient (Wildman–Crippen LogP) is 4.42. The number of aryl methyl sites for hydroxylation is 2. The van der Waals surface area contributed by atoms with Crippen molar-refractivity contribution in [2.75, 3.05) is 11.8 Å². The number of rotatable bonds is 4. The number of anilines is 1. The molecule has 0 aliphatic carbocycles. The van der Waals surface area contributed by atoms with Crippen LogP contribution in [0.3, 0.4) is 0 Å². The molecule has 2 aromatic rings. The topological polar surface area (TPSA) is 55.4 Å². The number of hydrogen-bond donors (Lipinski definition) is 1. The fraction of sp³-hybridized carbons (Fsp3) is 0.200. The molecule has 0 aromatic heterocycles. The monoisotopic (exact) mass is 359 g/mol. The van der Waals surface area contributed by atoms with Gasteiger partial charge in [0.15, 0.2) is 5.75 Å². The average molecular weight is 360 g/mol. The third kappa shape index (κ3) is 3.48. The Morgan fingerprint density at radius 2 is 1.64 bits per heavy atom. The molecular formula is C15H15Cl2NO3S. The fourth-order valence-corrected chi connectivity index (χ4v) is 3.82. The molecule has 2 rings (SSSR count). The van der Waals surface area contributed by atoms with Gasteiger partial charge in [0.1, 0.15) is 9.92 Å². The number of sulfonamides is 1. The fourth-order valence-electron chi connectivity index (χ4n) is 2.16. The molecule has 0 aliphatic rings. The Bertz CT molecular complexity index is 800. The van der Waals surface area contributed by atoms with Gasteiger partial charge in [-0.3, -0.25) is 4.72 Å². The predicted molar refractivity (Wildman–Crippen MR) is 89.7 cm³/mol. The molecule has 0 amide bonds. The van der Waals surface area contributed by atoms with Crippen LogP contribution in [0.1, 0.15) is 11.1 Å². The van der Waals surface area contributed by atoms with Gasteiger partial charge < -0.3 is 4.74 Å². The van der Waals surface area contributed by atoms with E-state index in [0.717, 1.165) is 11.1 Å². The molecule has 0 saturated carbocycles. The molecular weight excluding hydrogens is 345 g/mol. The van der Waals surface area contributed by atoms with E-state index < -0.39 is 10.0 Å². The van der Waals surface area contributed by atoms with Crippen molar-refractivity contribution in [3.05, 3.63) is 51.5 Å². The lowest BCUT2D eigenvalue weighted by atomic mass is 10.1. The molecule has 2 aromatic carbocycles. The maximum absolute atomic E-state index is 12.6. The summed E-state index contributed by atoms with van der Waals surface area (Å²) >= 11 is 11.9. The van der Waals surface area contributed by atoms with E-state index in [9.17, 15) is 8.42 Å². The molecule has 0 spiro atoms. The number of nitrogens with one attached hydrogen (secondary N) is 1. The Balaban J connectivity index is 2.49. The molecule has 0 aliphatic heterocycles. The normalized spacial score (nSPS) is 11.3. The highest BCUT2D eigenvalue weighted by atomic mass is 35.5. The summed E-state index contributed by atoms with van der Waals surface area (Å²) in [6.07, 6.45) is 0. The summed E-state index contributed by atoms with van der Waals surface area (Å²) in [6, 6.07) is 8.22. The van der Waals surface area contributed by atoms with E-state index in [2.05, 4.69) is 4.72 Å². The van der Waals surface area contributed by atoms with Crippen molar-refractivity contribution in [1.82, 2.24) is 0 Å². The summed E-state index contributed by atoms with van der Waals surface area (Å²) in [6.45, 7) is 3.79. The second-order valence-corrected chi connectivity index (χ2v) is 7.31. The van der Waals surface area contributed by atoms with E-state index in [1.165, 1.54) is 19.2 Å². The highest BCUT2D eigenvalue weighted by molar-refractivity contribution is 7.92. The van der Waals surface area contributed by atoms with Crippen LogP contribution in [0.2, 0.25) is 10.0 Å². The highest BCUT2D eigenvalue weighted by Crippen LogP contribution is 2.38. The van der Waals surface area contributed by atoms with Gasteiger partial charge in [-0.1, -0.05) is 29.3 Å². The Morgan fingerprint density at radius 1 is 1.05 bits per heavy atom. The van der Waals surface area contributed by atoms with E-state index in [0.29, 0.717) is 5.69 Å². The van der Waals surface area contributed by atoms with Gasteiger partial charge in [-0.2, -0.15) is 0 Å². The Morgan fingerprint density at radius 3 is 2.18 bits per heavy atom. The minimum absolute atomic E-state index is 0.0195. The van der Waals surface area contributed by atoms with Gasteiger partial charge in [0, 0.05) is 5.69 Å². The summed E-state index contributed by atoms with van der Waals surface area (Å²) in [5.74, 6) is 0.0195. The average Bonchev–Trinajstić information content (AvgIpc) is 2.39. The zero-order valence-electron chi connectivity index (χ0n) is 12.3. The number of benzene rings is 2. The van der Waals surface area contributed by atoms with Crippen molar-refractivity contribution >= 4 is 38.9 Å². The molecule has 7 heteroatoms. The second-order valence-electron chi connectivity index (χ2n) is 4.87. The first kappa shape index (κ1) is 16.9. The molecule has 0 heterocycles. The lowest BCUT2D eigenvalue weighted by Crippen LogP contribution is -2.14. The van der Waals surface area contributed by atoms with Crippen LogP contribution in [-0.2, 0) is 10.0 Å². The van der Waals surface area contributed by atoms with Crippen molar-refractivity contribution in [1.29, 1.82) is 0 Å². The van der Waals surface area contributed by atoms with Crippen LogP contribution in [0, 0.1) is 13.8 Å². The first-order chi connectivity index (χ1) is 10.2. The van der Waals surface area contributed by atoms with E-state index in [4.69, 9.17) is 27.9 Å². The van der Waals surface area contributed by atoms with Crippen LogP contribution in [0.4, 0.5) is 5.69 Å². The van der Waals surface area contributed by atoms with Gasteiger partial charge >= 0.3 is 0 Å². The smallest absolute Gasteiger partial charge is 0.265 e. The Hall–Kier alpha value is -1.43. The number of methoxy groups -OCH3 is 1. The second kappa shape index (κ2) is 6.36. The van der Waals surface area contributed by atoms with Crippen LogP contribution in [0.5, 0.6) is 5.75 Å². The minimum atomic E-state index is -3.85. The van der Waals surface area contributed by atoms with Gasteiger partial charge in [0.2, 0.25) is 0 Å². The van der Waals surface area contributed by atoms with Gasteiger partial charge in [-0.05, 0) is 49.2 Å². The summed E-state index contributed by atoms with van der Waals surface area (Å²) in [5, 5.41) is 0.288. The maximum Gasteiger partial charge on any atom is 0.265 e. The van der Waals surface area contributed by atoms with Crippen LogP contribution in [-0.4, -0.2) is 15.5 Å². The van der Waals surface area contributed by atoms with Crippen molar-refractivity contribution in [3.63, 3.8) is 0 Å². The third-order valence-electron chi connectivity index (χ3n) is 2.98. The summed E-state index contributed by atoms with van der Waals surface area (Å²) in [7, 11) is -2.51. The van der Waals surface area contributed by atoms with Gasteiger partial charge in [0.05, 0.1) is 12.1 Å². The van der Waals surface area contributed by atoms with Crippen LogP contribution < -0.4 is 9.46 Å². The highest BCUT2D eigenvalue weighted by Gasteiger charge is 2.23. The first-order valence-electron chi connectivity index (χ1n) is 6.37. The number of ether oxygens (including phenoxy) is 1. The molecule has 0 bridgehead atoms. The van der Waals surface area contributed by atoms with Crippen LogP contribution in [0.25, 0.3) is 0 Å². The third-order valence-corrected chi connectivity index (χ3v) is 5.17. The first-order valence-corrected chi connectivity index (χ1v) is 8.61. The number of hydrogen-bond acceptors (Lipinski definition) is 3. The van der Waals surface area contributed by atoms with Crippen LogP contribution in [0.15, 0.2) is 35.2 Å². The quantitative estimate of drug-likeness (QED) is 0.878. The summed E-state index contributed by atoms with van der Waals surface area (Å²) in [5.41, 5.74) is 2.39. The SMILES string of the molecule is COc1c(S(=O)(=O)Nc2cc(C)cc(C)c2)ccc(Cl)c1Cl. The molecule has 0 radical (unpaired) electrons. The zero-order valence-corrected chi connectivity index (χ0v) is 14.6. The molecule has 0 unspecified atom stereocenters. The molecule has 1 N–H and O–H groups in total.